The molecule has 0 saturated carbocycles. The van der Waals surface area contributed by atoms with Crippen molar-refractivity contribution >= 4 is 17.0 Å². The molecule has 6 heteroatoms. The van der Waals surface area contributed by atoms with Crippen molar-refractivity contribution < 1.29 is 0 Å². The number of hydrogen-bond donors (Lipinski definition) is 1. The molecule has 0 bridgehead atoms. The van der Waals surface area contributed by atoms with Crippen LogP contribution >= 0.6 is 11.3 Å². The molecule has 0 fully saturated rings. The monoisotopic (exact) mass is 299 g/mol. The van der Waals surface area contributed by atoms with Crippen LogP contribution in [0.25, 0.3) is 11.3 Å². The van der Waals surface area contributed by atoms with E-state index in [0.29, 0.717) is 0 Å². The van der Waals surface area contributed by atoms with Gasteiger partial charge in [0.15, 0.2) is 0 Å². The molecule has 0 radical (unpaired) electrons. The van der Waals surface area contributed by atoms with Gasteiger partial charge in [0.1, 0.15) is 12.2 Å². The van der Waals surface area contributed by atoms with Crippen LogP contribution in [0.4, 0.5) is 5.69 Å². The number of aryl methyl sites for hydroxylation is 2. The van der Waals surface area contributed by atoms with Gasteiger partial charge in [-0.25, -0.2) is 9.97 Å². The van der Waals surface area contributed by atoms with Crippen LogP contribution < -0.4 is 5.32 Å². The molecule has 0 aliphatic rings. The molecular weight excluding hydrogens is 282 g/mol. The van der Waals surface area contributed by atoms with E-state index in [0.717, 1.165) is 27.8 Å². The first kappa shape index (κ1) is 13.8. The summed E-state index contributed by atoms with van der Waals surface area (Å²) in [6.45, 7) is 4.09. The van der Waals surface area contributed by atoms with E-state index in [1.54, 1.807) is 22.3 Å². The van der Waals surface area contributed by atoms with Gasteiger partial charge < -0.3 is 5.32 Å². The zero-order valence-corrected chi connectivity index (χ0v) is 13.1. The zero-order chi connectivity index (χ0) is 14.8. The molecular formula is C15H17N5S. The minimum absolute atomic E-state index is 0.0879. The number of thiazole rings is 1. The molecule has 2 aromatic heterocycles. The summed E-state index contributed by atoms with van der Waals surface area (Å²) in [4.78, 5) is 8.80. The van der Waals surface area contributed by atoms with Crippen LogP contribution in [-0.4, -0.2) is 19.7 Å². The Labute approximate surface area is 127 Å². The predicted molar refractivity (Wildman–Crippen MR) is 85.3 cm³/mol. The Bertz CT molecular complexity index is 746. The predicted octanol–water partition coefficient (Wildman–Crippen LogP) is 3.42. The van der Waals surface area contributed by atoms with Gasteiger partial charge in [0.05, 0.1) is 16.7 Å². The first-order chi connectivity index (χ1) is 10.1. The lowest BCUT2D eigenvalue weighted by Crippen LogP contribution is -2.12. The van der Waals surface area contributed by atoms with Gasteiger partial charge >= 0.3 is 0 Å². The van der Waals surface area contributed by atoms with Crippen molar-refractivity contribution in [3.63, 3.8) is 0 Å². The summed E-state index contributed by atoms with van der Waals surface area (Å²) >= 11 is 1.67. The number of aromatic nitrogens is 4. The maximum absolute atomic E-state index is 4.53. The molecule has 2 heterocycles. The van der Waals surface area contributed by atoms with Gasteiger partial charge in [-0.2, -0.15) is 5.10 Å². The molecule has 0 spiro atoms. The largest absolute Gasteiger partial charge is 0.375 e. The lowest BCUT2D eigenvalue weighted by atomic mass is 10.1. The van der Waals surface area contributed by atoms with E-state index >= 15 is 0 Å². The van der Waals surface area contributed by atoms with Crippen LogP contribution in [0.1, 0.15) is 23.8 Å². The molecule has 0 aliphatic heterocycles. The van der Waals surface area contributed by atoms with Crippen molar-refractivity contribution in [3.05, 3.63) is 46.8 Å². The quantitative estimate of drug-likeness (QED) is 0.802. The van der Waals surface area contributed by atoms with Crippen LogP contribution in [0.3, 0.4) is 0 Å². The Morgan fingerprint density at radius 1 is 1.33 bits per heavy atom. The molecule has 3 aromatic rings. The molecule has 5 nitrogen and oxygen atoms in total. The number of benzene rings is 1. The van der Waals surface area contributed by atoms with Crippen molar-refractivity contribution in [2.75, 3.05) is 5.32 Å². The molecule has 0 saturated heterocycles. The minimum atomic E-state index is 0.0879. The highest BCUT2D eigenvalue weighted by molar-refractivity contribution is 7.09. The molecule has 1 atom stereocenters. The van der Waals surface area contributed by atoms with E-state index in [4.69, 9.17) is 0 Å². The Morgan fingerprint density at radius 3 is 2.86 bits per heavy atom. The smallest absolute Gasteiger partial charge is 0.148 e. The fourth-order valence-electron chi connectivity index (χ4n) is 2.28. The molecule has 3 rings (SSSR count). The molecule has 0 amide bonds. The third kappa shape index (κ3) is 2.95. The summed E-state index contributed by atoms with van der Waals surface area (Å²) in [7, 11) is 1.90. The maximum Gasteiger partial charge on any atom is 0.148 e. The van der Waals surface area contributed by atoms with Crippen molar-refractivity contribution in [1.82, 2.24) is 19.7 Å². The van der Waals surface area contributed by atoms with Crippen LogP contribution in [0.5, 0.6) is 0 Å². The minimum Gasteiger partial charge on any atom is -0.375 e. The number of nitrogens with zero attached hydrogens (tertiary/aromatic N) is 4. The van der Waals surface area contributed by atoms with Crippen molar-refractivity contribution in [1.29, 1.82) is 0 Å². The van der Waals surface area contributed by atoms with Crippen LogP contribution in [0.15, 0.2) is 36.0 Å². The second kappa shape index (κ2) is 5.65. The van der Waals surface area contributed by atoms with Crippen LogP contribution in [0.2, 0.25) is 0 Å². The van der Waals surface area contributed by atoms with E-state index in [1.807, 2.05) is 20.0 Å². The third-order valence-electron chi connectivity index (χ3n) is 3.29. The number of nitrogens with one attached hydrogen (secondary N) is 1. The van der Waals surface area contributed by atoms with Crippen molar-refractivity contribution in [2.24, 2.45) is 7.05 Å². The van der Waals surface area contributed by atoms with E-state index in [2.05, 4.69) is 50.9 Å². The van der Waals surface area contributed by atoms with Crippen LogP contribution in [-0.2, 0) is 7.05 Å². The molecule has 1 unspecified atom stereocenters. The normalized spacial score (nSPS) is 12.3. The molecule has 21 heavy (non-hydrogen) atoms. The molecule has 108 valence electrons. The van der Waals surface area contributed by atoms with Gasteiger partial charge in [-0.15, -0.1) is 11.3 Å². The lowest BCUT2D eigenvalue weighted by molar-refractivity contribution is 0.662. The lowest BCUT2D eigenvalue weighted by Gasteiger charge is -2.14. The van der Waals surface area contributed by atoms with E-state index < -0.39 is 0 Å². The molecule has 0 aliphatic carbocycles. The van der Waals surface area contributed by atoms with Crippen molar-refractivity contribution in [3.8, 4) is 11.3 Å². The third-order valence-corrected chi connectivity index (χ3v) is 4.07. The topological polar surface area (TPSA) is 55.6 Å². The van der Waals surface area contributed by atoms with Gasteiger partial charge in [-0.3, -0.25) is 4.68 Å². The molecule has 1 aromatic carbocycles. The average molecular weight is 299 g/mol. The van der Waals surface area contributed by atoms with Crippen LogP contribution in [0, 0.1) is 6.92 Å². The first-order valence-corrected chi connectivity index (χ1v) is 7.64. The number of hydrogen-bond acceptors (Lipinski definition) is 5. The highest BCUT2D eigenvalue weighted by atomic mass is 32.1. The number of anilines is 1. The van der Waals surface area contributed by atoms with Gasteiger partial charge in [0.25, 0.3) is 0 Å². The number of rotatable bonds is 4. The highest BCUT2D eigenvalue weighted by Gasteiger charge is 2.11. The Hall–Kier alpha value is -2.21. The van der Waals surface area contributed by atoms with E-state index in [-0.39, 0.29) is 6.04 Å². The van der Waals surface area contributed by atoms with Gasteiger partial charge in [-0.05, 0) is 26.0 Å². The Kier molecular flexibility index (Phi) is 3.70. The fourth-order valence-corrected chi connectivity index (χ4v) is 2.90. The summed E-state index contributed by atoms with van der Waals surface area (Å²) in [5, 5.41) is 10.7. The molecule has 1 N–H and O–H groups in total. The summed E-state index contributed by atoms with van der Waals surface area (Å²) in [6.07, 6.45) is 1.57. The average Bonchev–Trinajstić information content (AvgIpc) is 3.08. The van der Waals surface area contributed by atoms with E-state index in [9.17, 15) is 0 Å². The first-order valence-electron chi connectivity index (χ1n) is 6.76. The Balaban J connectivity index is 1.82. The van der Waals surface area contributed by atoms with Gasteiger partial charge in [0.2, 0.25) is 0 Å². The summed E-state index contributed by atoms with van der Waals surface area (Å²) < 4.78 is 1.78. The second-order valence-electron chi connectivity index (χ2n) is 4.94. The Morgan fingerprint density at radius 2 is 2.19 bits per heavy atom. The summed E-state index contributed by atoms with van der Waals surface area (Å²) in [6, 6.07) is 8.37. The zero-order valence-electron chi connectivity index (χ0n) is 12.2. The second-order valence-corrected chi connectivity index (χ2v) is 6.00. The van der Waals surface area contributed by atoms with E-state index in [1.165, 1.54) is 0 Å². The highest BCUT2D eigenvalue weighted by Crippen LogP contribution is 2.25. The maximum atomic E-state index is 4.53. The SMILES string of the molecule is Cc1nc(-c2cccc(NC(C)c3ncnn3C)c2)cs1. The van der Waals surface area contributed by atoms with Gasteiger partial charge in [-0.1, -0.05) is 12.1 Å². The standard InChI is InChI=1S/C15H17N5S/c1-10(15-16-9-17-20(15)3)18-13-6-4-5-12(7-13)14-8-21-11(2)19-14/h4-10,18H,1-3H3. The fraction of sp³-hybridized carbons (Fsp3) is 0.267. The summed E-state index contributed by atoms with van der Waals surface area (Å²) in [5.41, 5.74) is 3.19. The summed E-state index contributed by atoms with van der Waals surface area (Å²) in [5.74, 6) is 0.907. The van der Waals surface area contributed by atoms with Gasteiger partial charge in [0, 0.05) is 23.7 Å². The van der Waals surface area contributed by atoms with Crippen molar-refractivity contribution in [2.45, 2.75) is 19.9 Å².